The molecule has 1 nitrogen and oxygen atoms in total. The quantitative estimate of drug-likeness (QED) is 0.444. The molecule has 0 aliphatic rings. The van der Waals surface area contributed by atoms with E-state index >= 15 is 0 Å². The highest BCUT2D eigenvalue weighted by atomic mass is 32.2. The van der Waals surface area contributed by atoms with Gasteiger partial charge in [0.2, 0.25) is 0 Å². The third kappa shape index (κ3) is 4.11. The average Bonchev–Trinajstić information content (AvgIpc) is 2.47. The minimum Gasteiger partial charge on any atom is -0.289 e. The zero-order valence-corrected chi connectivity index (χ0v) is 11.7. The molecule has 0 amide bonds. The van der Waals surface area contributed by atoms with E-state index in [0.717, 1.165) is 16.9 Å². The maximum atomic E-state index is 12.0. The number of hydrogen-bond acceptors (Lipinski definition) is 2. The largest absolute Gasteiger partial charge is 0.289 e. The monoisotopic (exact) mass is 268 g/mol. The van der Waals surface area contributed by atoms with Crippen molar-refractivity contribution in [2.75, 3.05) is 5.75 Å². The highest BCUT2D eigenvalue weighted by molar-refractivity contribution is 7.99. The van der Waals surface area contributed by atoms with Crippen LogP contribution in [-0.2, 0) is 0 Å². The molecule has 0 aliphatic heterocycles. The summed E-state index contributed by atoms with van der Waals surface area (Å²) in [5, 5.41) is 0. The number of allylic oxidation sites excluding steroid dienone is 1. The van der Waals surface area contributed by atoms with Gasteiger partial charge in [0.15, 0.2) is 5.78 Å². The van der Waals surface area contributed by atoms with Crippen LogP contribution in [0, 0.1) is 0 Å². The Morgan fingerprint density at radius 2 is 1.74 bits per heavy atom. The molecule has 0 saturated carbocycles. The van der Waals surface area contributed by atoms with Crippen LogP contribution in [0.5, 0.6) is 0 Å². The van der Waals surface area contributed by atoms with Gasteiger partial charge in [-0.05, 0) is 41.7 Å². The molecule has 0 unspecified atom stereocenters. The molecule has 2 rings (SSSR count). The van der Waals surface area contributed by atoms with Crippen molar-refractivity contribution in [1.82, 2.24) is 0 Å². The van der Waals surface area contributed by atoms with Crippen LogP contribution in [0.1, 0.15) is 22.8 Å². The standard InChI is InChI=1S/C17H16OS/c1-2-19-16-11-9-15(10-12-16)17(18)13-8-14-6-4-3-5-7-14/h3-13H,2H2,1H3/b13-8+. The number of carbonyl (C=O) groups is 1. The van der Waals surface area contributed by atoms with Gasteiger partial charge in [0.05, 0.1) is 0 Å². The first-order chi connectivity index (χ1) is 9.29. The van der Waals surface area contributed by atoms with Gasteiger partial charge in [0, 0.05) is 10.5 Å². The molecule has 0 bridgehead atoms. The molecule has 96 valence electrons. The Morgan fingerprint density at radius 1 is 1.05 bits per heavy atom. The van der Waals surface area contributed by atoms with Gasteiger partial charge in [0.25, 0.3) is 0 Å². The fourth-order valence-electron chi connectivity index (χ4n) is 1.71. The lowest BCUT2D eigenvalue weighted by molar-refractivity contribution is 0.104. The average molecular weight is 268 g/mol. The number of carbonyl (C=O) groups excluding carboxylic acids is 1. The van der Waals surface area contributed by atoms with Gasteiger partial charge in [-0.15, -0.1) is 11.8 Å². The first kappa shape index (κ1) is 13.6. The van der Waals surface area contributed by atoms with E-state index in [9.17, 15) is 4.79 Å². The predicted octanol–water partition coefficient (Wildman–Crippen LogP) is 4.69. The Kier molecular flexibility index (Phi) is 4.99. The lowest BCUT2D eigenvalue weighted by Gasteiger charge is -2.00. The summed E-state index contributed by atoms with van der Waals surface area (Å²) in [4.78, 5) is 13.2. The highest BCUT2D eigenvalue weighted by Crippen LogP contribution is 2.18. The van der Waals surface area contributed by atoms with Gasteiger partial charge in [-0.1, -0.05) is 43.3 Å². The topological polar surface area (TPSA) is 17.1 Å². The van der Waals surface area contributed by atoms with Crippen molar-refractivity contribution in [3.8, 4) is 0 Å². The number of rotatable bonds is 5. The molecule has 0 atom stereocenters. The predicted molar refractivity (Wildman–Crippen MR) is 82.6 cm³/mol. The number of ketones is 1. The third-order valence-corrected chi connectivity index (χ3v) is 3.57. The summed E-state index contributed by atoms with van der Waals surface area (Å²) < 4.78 is 0. The molecule has 2 aromatic rings. The van der Waals surface area contributed by atoms with E-state index in [-0.39, 0.29) is 5.78 Å². The third-order valence-electron chi connectivity index (χ3n) is 2.68. The second kappa shape index (κ2) is 6.95. The minimum absolute atomic E-state index is 0.0388. The van der Waals surface area contributed by atoms with Crippen molar-refractivity contribution in [2.45, 2.75) is 11.8 Å². The summed E-state index contributed by atoms with van der Waals surface area (Å²) in [6.07, 6.45) is 3.47. The fourth-order valence-corrected chi connectivity index (χ4v) is 2.38. The van der Waals surface area contributed by atoms with Gasteiger partial charge in [0.1, 0.15) is 0 Å². The number of hydrogen-bond donors (Lipinski definition) is 0. The van der Waals surface area contributed by atoms with Crippen molar-refractivity contribution in [3.63, 3.8) is 0 Å². The van der Waals surface area contributed by atoms with Crippen LogP contribution in [0.4, 0.5) is 0 Å². The van der Waals surface area contributed by atoms with E-state index in [1.807, 2.05) is 60.7 Å². The van der Waals surface area contributed by atoms with Gasteiger partial charge in [-0.25, -0.2) is 0 Å². The summed E-state index contributed by atoms with van der Waals surface area (Å²) >= 11 is 1.78. The Hall–Kier alpha value is -1.80. The maximum Gasteiger partial charge on any atom is 0.185 e. The maximum absolute atomic E-state index is 12.0. The smallest absolute Gasteiger partial charge is 0.185 e. The van der Waals surface area contributed by atoms with E-state index < -0.39 is 0 Å². The highest BCUT2D eigenvalue weighted by Gasteiger charge is 2.01. The van der Waals surface area contributed by atoms with Gasteiger partial charge in [-0.3, -0.25) is 4.79 Å². The summed E-state index contributed by atoms with van der Waals surface area (Å²) in [6.45, 7) is 2.12. The normalized spacial score (nSPS) is 10.8. The summed E-state index contributed by atoms with van der Waals surface area (Å²) in [5.41, 5.74) is 1.77. The minimum atomic E-state index is 0.0388. The van der Waals surface area contributed by atoms with Crippen molar-refractivity contribution in [3.05, 3.63) is 71.8 Å². The first-order valence-corrected chi connectivity index (χ1v) is 7.28. The van der Waals surface area contributed by atoms with Gasteiger partial charge in [-0.2, -0.15) is 0 Å². The lowest BCUT2D eigenvalue weighted by atomic mass is 10.1. The van der Waals surface area contributed by atoms with Crippen molar-refractivity contribution >= 4 is 23.6 Å². The summed E-state index contributed by atoms with van der Waals surface area (Å²) in [5.74, 6) is 1.08. The van der Waals surface area contributed by atoms with E-state index in [0.29, 0.717) is 0 Å². The van der Waals surface area contributed by atoms with Crippen molar-refractivity contribution in [2.24, 2.45) is 0 Å². The van der Waals surface area contributed by atoms with Crippen LogP contribution >= 0.6 is 11.8 Å². The number of benzene rings is 2. The van der Waals surface area contributed by atoms with Crippen molar-refractivity contribution in [1.29, 1.82) is 0 Å². The van der Waals surface area contributed by atoms with Crippen LogP contribution in [-0.4, -0.2) is 11.5 Å². The first-order valence-electron chi connectivity index (χ1n) is 6.30. The van der Waals surface area contributed by atoms with E-state index in [1.165, 1.54) is 4.90 Å². The zero-order valence-electron chi connectivity index (χ0n) is 10.9. The Bertz CT molecular complexity index is 556. The second-order valence-electron chi connectivity index (χ2n) is 4.07. The molecular weight excluding hydrogens is 252 g/mol. The molecule has 0 heterocycles. The van der Waals surface area contributed by atoms with Gasteiger partial charge < -0.3 is 0 Å². The molecule has 2 aromatic carbocycles. The van der Waals surface area contributed by atoms with E-state index in [2.05, 4.69) is 6.92 Å². The Balaban J connectivity index is 2.05. The molecule has 0 radical (unpaired) electrons. The van der Waals surface area contributed by atoms with E-state index in [4.69, 9.17) is 0 Å². The zero-order chi connectivity index (χ0) is 13.5. The molecule has 0 saturated heterocycles. The molecule has 0 N–H and O–H groups in total. The second-order valence-corrected chi connectivity index (χ2v) is 5.40. The SMILES string of the molecule is CCSc1ccc(C(=O)/C=C/c2ccccc2)cc1. The number of thioether (sulfide) groups is 1. The van der Waals surface area contributed by atoms with Crippen LogP contribution in [0.3, 0.4) is 0 Å². The van der Waals surface area contributed by atoms with Crippen LogP contribution in [0.2, 0.25) is 0 Å². The molecule has 0 aliphatic carbocycles. The van der Waals surface area contributed by atoms with Crippen molar-refractivity contribution < 1.29 is 4.79 Å². The summed E-state index contributed by atoms with van der Waals surface area (Å²) in [7, 11) is 0. The van der Waals surface area contributed by atoms with Gasteiger partial charge >= 0.3 is 0 Å². The molecule has 0 aromatic heterocycles. The fraction of sp³-hybridized carbons (Fsp3) is 0.118. The molecule has 0 fully saturated rings. The summed E-state index contributed by atoms with van der Waals surface area (Å²) in [6, 6.07) is 17.6. The lowest BCUT2D eigenvalue weighted by Crippen LogP contribution is -1.93. The molecule has 2 heteroatoms. The Morgan fingerprint density at radius 3 is 2.37 bits per heavy atom. The van der Waals surface area contributed by atoms with E-state index in [1.54, 1.807) is 17.8 Å². The Labute approximate surface area is 118 Å². The van der Waals surface area contributed by atoms with Crippen LogP contribution in [0.25, 0.3) is 6.08 Å². The molecule has 19 heavy (non-hydrogen) atoms. The molecule has 0 spiro atoms. The van der Waals surface area contributed by atoms with Crippen LogP contribution < -0.4 is 0 Å². The molecular formula is C17H16OS. The van der Waals surface area contributed by atoms with Crippen LogP contribution in [0.15, 0.2) is 65.6 Å².